The Morgan fingerprint density at radius 3 is 2.39 bits per heavy atom. The van der Waals surface area contributed by atoms with Crippen molar-refractivity contribution in [1.29, 1.82) is 0 Å². The number of hydrogen-bond donors (Lipinski definition) is 3. The van der Waals surface area contributed by atoms with E-state index in [9.17, 15) is 22.4 Å². The minimum Gasteiger partial charge on any atom is -0.368 e. The molecule has 4 rings (SSSR count). The average Bonchev–Trinajstić information content (AvgIpc) is 3.30. The molecule has 3 N–H and O–H groups in total. The van der Waals surface area contributed by atoms with E-state index in [1.807, 2.05) is 6.92 Å². The molecule has 2 aromatic heterocycles. The maximum atomic E-state index is 13.1. The Labute approximate surface area is 173 Å². The molecule has 0 fully saturated rings. The summed E-state index contributed by atoms with van der Waals surface area (Å²) >= 11 is 0. The number of anilines is 2. The standard InChI is InChI=1S/C21H17F4N5O/c1-2-26-19-17(12-3-5-13(6-4-12)21(23,24)25)29-18-16(11-27-30(18)19)20(31)28-15-9-7-14(22)8-10-15/h3-11,26-27H,2H2,1H3,(H,28,31). The number of aromatic nitrogens is 3. The molecule has 10 heteroatoms. The predicted molar refractivity (Wildman–Crippen MR) is 108 cm³/mol. The van der Waals surface area contributed by atoms with Gasteiger partial charge in [-0.1, -0.05) is 12.1 Å². The van der Waals surface area contributed by atoms with Gasteiger partial charge < -0.3 is 10.6 Å². The molecule has 31 heavy (non-hydrogen) atoms. The number of carbonyl (C=O) groups excluding carboxylic acids is 1. The number of carbonyl (C=O) groups is 1. The zero-order valence-electron chi connectivity index (χ0n) is 16.2. The first-order valence-corrected chi connectivity index (χ1v) is 9.36. The maximum Gasteiger partial charge on any atom is 0.416 e. The number of hydrogen-bond acceptors (Lipinski definition) is 3. The third-order valence-electron chi connectivity index (χ3n) is 4.63. The summed E-state index contributed by atoms with van der Waals surface area (Å²) in [7, 11) is 0. The highest BCUT2D eigenvalue weighted by molar-refractivity contribution is 6.08. The van der Waals surface area contributed by atoms with Crippen molar-refractivity contribution in [3.05, 3.63) is 71.7 Å². The lowest BCUT2D eigenvalue weighted by atomic mass is 10.1. The molecular formula is C21H17F4N5O. The number of halogens is 4. The molecule has 2 heterocycles. The SMILES string of the molecule is CCNc1c(-c2ccc(C(F)(F)F)cc2)nc2c(C(=O)Nc3ccc(F)cc3)c[nH]n12. The van der Waals surface area contributed by atoms with Gasteiger partial charge in [0.1, 0.15) is 17.1 Å². The van der Waals surface area contributed by atoms with E-state index in [0.717, 1.165) is 12.1 Å². The van der Waals surface area contributed by atoms with Gasteiger partial charge in [-0.05, 0) is 43.3 Å². The molecule has 0 aliphatic carbocycles. The summed E-state index contributed by atoms with van der Waals surface area (Å²) in [5, 5.41) is 8.72. The summed E-state index contributed by atoms with van der Waals surface area (Å²) in [4.78, 5) is 17.2. The third-order valence-corrected chi connectivity index (χ3v) is 4.63. The lowest BCUT2D eigenvalue weighted by Gasteiger charge is -2.08. The summed E-state index contributed by atoms with van der Waals surface area (Å²) in [5.41, 5.74) is 1.04. The number of nitrogens with zero attached hydrogens (tertiary/aromatic N) is 2. The van der Waals surface area contributed by atoms with E-state index < -0.39 is 23.5 Å². The normalized spacial score (nSPS) is 11.6. The highest BCUT2D eigenvalue weighted by atomic mass is 19.4. The highest BCUT2D eigenvalue weighted by Gasteiger charge is 2.30. The molecule has 2 aromatic carbocycles. The molecule has 0 bridgehead atoms. The monoisotopic (exact) mass is 431 g/mol. The molecule has 1 amide bonds. The van der Waals surface area contributed by atoms with E-state index in [1.165, 1.54) is 42.6 Å². The van der Waals surface area contributed by atoms with Crippen LogP contribution in [-0.2, 0) is 6.18 Å². The molecule has 0 saturated heterocycles. The second kappa shape index (κ2) is 7.78. The first-order chi connectivity index (χ1) is 14.8. The van der Waals surface area contributed by atoms with Gasteiger partial charge in [-0.15, -0.1) is 0 Å². The molecule has 6 nitrogen and oxygen atoms in total. The van der Waals surface area contributed by atoms with E-state index in [1.54, 1.807) is 4.52 Å². The van der Waals surface area contributed by atoms with Gasteiger partial charge in [-0.2, -0.15) is 13.2 Å². The number of imidazole rings is 1. The minimum atomic E-state index is -4.44. The Hall–Kier alpha value is -3.82. The van der Waals surface area contributed by atoms with Crippen LogP contribution in [0.2, 0.25) is 0 Å². The molecule has 0 spiro atoms. The summed E-state index contributed by atoms with van der Waals surface area (Å²) in [6.07, 6.45) is -2.96. The van der Waals surface area contributed by atoms with Crippen molar-refractivity contribution in [2.45, 2.75) is 13.1 Å². The number of nitrogens with one attached hydrogen (secondary N) is 3. The summed E-state index contributed by atoms with van der Waals surface area (Å²) in [6.45, 7) is 2.39. The van der Waals surface area contributed by atoms with Gasteiger partial charge in [0.2, 0.25) is 0 Å². The van der Waals surface area contributed by atoms with Gasteiger partial charge in [0, 0.05) is 24.0 Å². The van der Waals surface area contributed by atoms with Crippen molar-refractivity contribution < 1.29 is 22.4 Å². The van der Waals surface area contributed by atoms with Crippen molar-refractivity contribution in [1.82, 2.24) is 14.6 Å². The molecule has 0 unspecified atom stereocenters. The van der Waals surface area contributed by atoms with Crippen LogP contribution in [0.4, 0.5) is 29.1 Å². The van der Waals surface area contributed by atoms with Gasteiger partial charge in [0.15, 0.2) is 11.5 Å². The molecule has 0 atom stereocenters. The summed E-state index contributed by atoms with van der Waals surface area (Å²) < 4.78 is 53.3. The highest BCUT2D eigenvalue weighted by Crippen LogP contribution is 2.34. The van der Waals surface area contributed by atoms with Crippen LogP contribution in [-0.4, -0.2) is 27.0 Å². The van der Waals surface area contributed by atoms with Crippen LogP contribution in [0.3, 0.4) is 0 Å². The van der Waals surface area contributed by atoms with E-state index >= 15 is 0 Å². The lowest BCUT2D eigenvalue weighted by Crippen LogP contribution is -2.11. The van der Waals surface area contributed by atoms with Crippen LogP contribution in [0.5, 0.6) is 0 Å². The van der Waals surface area contributed by atoms with Crippen LogP contribution in [0, 0.1) is 5.82 Å². The number of fused-ring (bicyclic) bond motifs is 1. The van der Waals surface area contributed by atoms with Crippen LogP contribution >= 0.6 is 0 Å². The Kier molecular flexibility index (Phi) is 5.14. The quantitative estimate of drug-likeness (QED) is 0.382. The van der Waals surface area contributed by atoms with E-state index in [0.29, 0.717) is 35.0 Å². The number of alkyl halides is 3. The topological polar surface area (TPSA) is 74.2 Å². The Balaban J connectivity index is 1.72. The van der Waals surface area contributed by atoms with Gasteiger partial charge in [0.05, 0.1) is 5.56 Å². The fourth-order valence-electron chi connectivity index (χ4n) is 3.17. The fraction of sp³-hybridized carbons (Fsp3) is 0.143. The Morgan fingerprint density at radius 2 is 1.77 bits per heavy atom. The summed E-state index contributed by atoms with van der Waals surface area (Å²) in [5.74, 6) is -0.380. The second-order valence-corrected chi connectivity index (χ2v) is 6.72. The Morgan fingerprint density at radius 1 is 1.10 bits per heavy atom. The zero-order valence-corrected chi connectivity index (χ0v) is 16.2. The van der Waals surface area contributed by atoms with Crippen molar-refractivity contribution in [3.63, 3.8) is 0 Å². The molecule has 0 aliphatic rings. The van der Waals surface area contributed by atoms with Crippen molar-refractivity contribution in [2.75, 3.05) is 17.2 Å². The first kappa shape index (κ1) is 20.5. The number of H-pyrrole nitrogens is 1. The van der Waals surface area contributed by atoms with Crippen LogP contribution in [0.15, 0.2) is 54.7 Å². The second-order valence-electron chi connectivity index (χ2n) is 6.72. The van der Waals surface area contributed by atoms with Gasteiger partial charge in [-0.25, -0.2) is 13.9 Å². The number of benzene rings is 2. The number of rotatable bonds is 5. The molecule has 4 aromatic rings. The van der Waals surface area contributed by atoms with Gasteiger partial charge in [0.25, 0.3) is 5.91 Å². The van der Waals surface area contributed by atoms with Crippen molar-refractivity contribution >= 4 is 23.1 Å². The van der Waals surface area contributed by atoms with Crippen molar-refractivity contribution in [3.8, 4) is 11.3 Å². The van der Waals surface area contributed by atoms with E-state index in [-0.39, 0.29) is 5.56 Å². The minimum absolute atomic E-state index is 0.224. The van der Waals surface area contributed by atoms with Crippen LogP contribution in [0.25, 0.3) is 16.9 Å². The average molecular weight is 431 g/mol. The molecular weight excluding hydrogens is 414 g/mol. The van der Waals surface area contributed by atoms with Gasteiger partial charge in [-0.3, -0.25) is 9.89 Å². The van der Waals surface area contributed by atoms with Crippen LogP contribution in [0.1, 0.15) is 22.8 Å². The van der Waals surface area contributed by atoms with Crippen LogP contribution < -0.4 is 10.6 Å². The number of aromatic amines is 1. The number of amides is 1. The van der Waals surface area contributed by atoms with E-state index in [2.05, 4.69) is 20.7 Å². The fourth-order valence-corrected chi connectivity index (χ4v) is 3.17. The Bertz CT molecular complexity index is 1220. The first-order valence-electron chi connectivity index (χ1n) is 9.36. The lowest BCUT2D eigenvalue weighted by molar-refractivity contribution is -0.137. The molecule has 0 radical (unpaired) electrons. The molecule has 160 valence electrons. The van der Waals surface area contributed by atoms with E-state index in [4.69, 9.17) is 0 Å². The summed E-state index contributed by atoms with van der Waals surface area (Å²) in [6, 6.07) is 9.96. The molecule has 0 saturated carbocycles. The smallest absolute Gasteiger partial charge is 0.368 e. The third kappa shape index (κ3) is 3.96. The zero-order chi connectivity index (χ0) is 22.2. The predicted octanol–water partition coefficient (Wildman–Crippen LogP) is 5.17. The maximum absolute atomic E-state index is 13.1. The largest absolute Gasteiger partial charge is 0.416 e. The molecule has 0 aliphatic heterocycles. The van der Waals surface area contributed by atoms with Crippen molar-refractivity contribution in [2.24, 2.45) is 0 Å². The van der Waals surface area contributed by atoms with Gasteiger partial charge >= 0.3 is 6.18 Å².